The number of aliphatic carboxylic acids is 4. The third-order valence-corrected chi connectivity index (χ3v) is 23.6. The van der Waals surface area contributed by atoms with Crippen LogP contribution in [0.15, 0.2) is 30.3 Å². The minimum atomic E-state index is -2.24. The average Bonchev–Trinajstić information content (AvgIpc) is 1.64. The number of nitrogens with one attached hydrogen (secondary N) is 19. The van der Waals surface area contributed by atoms with E-state index in [2.05, 4.69) is 101 Å². The van der Waals surface area contributed by atoms with Crippen molar-refractivity contribution in [3.05, 3.63) is 35.9 Å². The van der Waals surface area contributed by atoms with Crippen molar-refractivity contribution in [2.45, 2.75) is 322 Å². The Morgan fingerprint density at radius 1 is 0.367 bits per heavy atom. The van der Waals surface area contributed by atoms with Crippen molar-refractivity contribution in [3.63, 3.8) is 0 Å². The quantitative estimate of drug-likeness (QED) is 0.0269. The molecule has 0 saturated carbocycles. The molecule has 0 radical (unpaired) electrons. The van der Waals surface area contributed by atoms with Gasteiger partial charge < -0.3 is 159 Å². The number of amides is 23. The summed E-state index contributed by atoms with van der Waals surface area (Å²) in [5.74, 6) is -34.0. The first-order valence-electron chi connectivity index (χ1n) is 49.2. The summed E-state index contributed by atoms with van der Waals surface area (Å²) < 4.78 is 0. The Kier molecular flexibility index (Phi) is 56.9. The highest BCUT2D eigenvalue weighted by atomic mass is 16.4. The van der Waals surface area contributed by atoms with Crippen LogP contribution >= 0.6 is 0 Å². The van der Waals surface area contributed by atoms with Gasteiger partial charge in [0, 0.05) is 25.9 Å². The summed E-state index contributed by atoms with van der Waals surface area (Å²) in [7, 11) is 0. The van der Waals surface area contributed by atoms with Gasteiger partial charge in [0.15, 0.2) is 0 Å². The van der Waals surface area contributed by atoms with Crippen molar-refractivity contribution in [3.8, 4) is 0 Å². The molecule has 1 aromatic rings. The number of carbonyl (C=O) groups excluding carboxylic acids is 22. The van der Waals surface area contributed by atoms with Crippen LogP contribution in [0.4, 0.5) is 4.79 Å². The highest BCUT2D eigenvalue weighted by molar-refractivity contribution is 6.04. The normalized spacial score (nSPS) is 16.1. The van der Waals surface area contributed by atoms with E-state index in [-0.39, 0.29) is 57.5 Å². The van der Waals surface area contributed by atoms with Gasteiger partial charge in [0.05, 0.1) is 51.5 Å². The number of nitrogens with two attached hydrogens (primary N) is 4. The van der Waals surface area contributed by atoms with Gasteiger partial charge in [0.25, 0.3) is 0 Å². The number of carboxylic acids is 4. The average molecular weight is 2130 g/mol. The highest BCUT2D eigenvalue weighted by Gasteiger charge is 2.44. The Morgan fingerprint density at radius 3 is 1.13 bits per heavy atom. The molecule has 0 aliphatic carbocycles. The number of urea groups is 1. The molecule has 1 saturated heterocycles. The second kappa shape index (κ2) is 65.1. The molecular weight excluding hydrogens is 1980 g/mol. The molecule has 0 aromatic heterocycles. The number of primary amides is 3. The van der Waals surface area contributed by atoms with E-state index >= 15 is 0 Å². The molecule has 56 heteroatoms. The van der Waals surface area contributed by atoms with E-state index in [9.17, 15) is 155 Å². The smallest absolute Gasteiger partial charge is 0.326 e. The zero-order chi connectivity index (χ0) is 114. The number of rotatable bonds is 68. The lowest BCUT2D eigenvalue weighted by Crippen LogP contribution is -2.62. The van der Waals surface area contributed by atoms with E-state index in [1.165, 1.54) is 49.9 Å². The molecule has 2 rings (SSSR count). The maximum Gasteiger partial charge on any atom is 0.326 e. The standard InChI is InChI=1S/C94H152N24O32/c1-17-48(14)74(91(146)112-61(93(148)149)35-66(96)122)117-76(131)50(16)102-80(135)58(36-68(124)125)105-75(130)49(15)101-79(134)54(31-42(2)3)108-86(141)62(40-119)113-83(138)57(34-51-23-19-18-20-24-51)109-84(139)60(38-70(128)129)111-90(145)73(47(12)13)116-87(142)63(41-120)114-85(140)59(37-69(126)127)110-78(133)53(27-28-65(95)121)103-81(136)55(32-43(4)5)107-82(137)56(33-44(6)7)106-77(132)52(25-21-29-99-94(98)150)104-89(144)72(46(10)11)115-67(123)39-100-88(143)64-26-22-30-118(64)92(147)71(97)45(8)9/h18-20,23-24,42-50,52-64,71-74,119-120H,17,21-22,25-41,97H2,1-16H3,(H2,95,121)(H2,96,122)(H,100,143)(H,101,134)(H,102,135)(H,103,136)(H,104,144)(H,105,130)(H,106,132)(H,107,137)(H,108,141)(H,109,139)(H,110,133)(H,111,145)(H,112,146)(H,113,138)(H,114,140)(H,115,123)(H,116,142)(H,117,131)(H,124,125)(H,126,127)(H,128,129)(H,148,149)(H3,98,99,150)/t48-,49-,50-,52-,53-,54-,55-,56-,57-,58-,59-,60-,61-,62-,63-,64-,71-,72-,73-,74-/m0/s1. The number of benzene rings is 1. The van der Waals surface area contributed by atoms with Crippen molar-refractivity contribution in [1.29, 1.82) is 0 Å². The zero-order valence-electron chi connectivity index (χ0n) is 87.1. The van der Waals surface area contributed by atoms with Crippen LogP contribution in [0.5, 0.6) is 0 Å². The number of aliphatic hydroxyl groups is 2. The summed E-state index contributed by atoms with van der Waals surface area (Å²) >= 11 is 0. The van der Waals surface area contributed by atoms with E-state index in [0.29, 0.717) is 18.4 Å². The van der Waals surface area contributed by atoms with Crippen molar-refractivity contribution in [2.75, 3.05) is 32.8 Å². The first-order valence-corrected chi connectivity index (χ1v) is 49.2. The first kappa shape index (κ1) is 131. The Morgan fingerprint density at radius 2 is 0.713 bits per heavy atom. The molecule has 1 heterocycles. The minimum Gasteiger partial charge on any atom is -0.481 e. The van der Waals surface area contributed by atoms with Gasteiger partial charge in [-0.2, -0.15) is 0 Å². The van der Waals surface area contributed by atoms with Gasteiger partial charge in [-0.15, -0.1) is 0 Å². The predicted octanol–water partition coefficient (Wildman–Crippen LogP) is -8.82. The van der Waals surface area contributed by atoms with Gasteiger partial charge in [0.2, 0.25) is 124 Å². The second-order valence-electron chi connectivity index (χ2n) is 38.9. The maximum absolute atomic E-state index is 14.6. The number of nitrogens with zero attached hydrogens (tertiary/aromatic N) is 1. The van der Waals surface area contributed by atoms with Gasteiger partial charge >= 0.3 is 29.9 Å². The molecule has 840 valence electrons. The zero-order valence-corrected chi connectivity index (χ0v) is 87.1. The lowest BCUT2D eigenvalue weighted by molar-refractivity contribution is -0.144. The van der Waals surface area contributed by atoms with Crippen LogP contribution in [0, 0.1) is 41.4 Å². The molecular formula is C94H152N24O32. The molecule has 1 aromatic carbocycles. The fraction of sp³-hybridized carbons (Fsp3) is 0.660. The van der Waals surface area contributed by atoms with E-state index in [0.717, 1.165) is 13.8 Å². The molecule has 1 aliphatic heterocycles. The Hall–Kier alpha value is -14.9. The molecule has 56 nitrogen and oxygen atoms in total. The van der Waals surface area contributed by atoms with Crippen LogP contribution < -0.4 is 124 Å². The summed E-state index contributed by atoms with van der Waals surface area (Å²) in [4.78, 5) is 352. The Balaban J connectivity index is 2.46. The van der Waals surface area contributed by atoms with Crippen LogP contribution in [0.1, 0.15) is 206 Å². The molecule has 1 fully saturated rings. The van der Waals surface area contributed by atoms with Crippen molar-refractivity contribution < 1.29 is 155 Å². The third kappa shape index (κ3) is 47.1. The van der Waals surface area contributed by atoms with Gasteiger partial charge in [-0.3, -0.25) is 115 Å². The minimum absolute atomic E-state index is 0.0107. The first-order chi connectivity index (χ1) is 70.0. The molecule has 0 bridgehead atoms. The topological polar surface area (TPSA) is 901 Å². The Bertz CT molecular complexity index is 4890. The molecule has 23 amide bonds. The number of carbonyl (C=O) groups is 26. The van der Waals surface area contributed by atoms with Crippen molar-refractivity contribution in [1.82, 2.24) is 106 Å². The van der Waals surface area contributed by atoms with Gasteiger partial charge in [-0.1, -0.05) is 134 Å². The monoisotopic (exact) mass is 2130 g/mol. The van der Waals surface area contributed by atoms with Gasteiger partial charge in [0.1, 0.15) is 109 Å². The van der Waals surface area contributed by atoms with Crippen LogP contribution in [-0.4, -0.2) is 337 Å². The summed E-state index contributed by atoms with van der Waals surface area (Å²) in [5, 5.41) is 105. The number of hydrogen-bond donors (Lipinski definition) is 29. The van der Waals surface area contributed by atoms with Gasteiger partial charge in [-0.25, -0.2) is 9.59 Å². The third-order valence-electron chi connectivity index (χ3n) is 23.6. The van der Waals surface area contributed by atoms with E-state index in [1.54, 1.807) is 82.2 Å². The largest absolute Gasteiger partial charge is 0.481 e. The van der Waals surface area contributed by atoms with E-state index in [1.807, 2.05) is 0 Å². The summed E-state index contributed by atoms with van der Waals surface area (Å²) in [6, 6.07) is -25.4. The van der Waals surface area contributed by atoms with Crippen molar-refractivity contribution in [2.24, 2.45) is 64.4 Å². The van der Waals surface area contributed by atoms with Crippen LogP contribution in [0.25, 0.3) is 0 Å². The number of carboxylic acid groups (broad SMARTS) is 4. The predicted molar refractivity (Wildman–Crippen MR) is 530 cm³/mol. The fourth-order valence-electron chi connectivity index (χ4n) is 15.1. The fourth-order valence-corrected chi connectivity index (χ4v) is 15.1. The summed E-state index contributed by atoms with van der Waals surface area (Å²) in [6.07, 6.45) is -6.07. The van der Waals surface area contributed by atoms with E-state index < -0.39 is 369 Å². The number of aliphatic hydroxyl groups excluding tert-OH is 2. The SMILES string of the molecule is CC[C@H](C)[C@H](NC(=O)[C@H](C)NC(=O)[C@H](CC(=O)O)NC(=O)[C@H](C)NC(=O)[C@H](CC(C)C)NC(=O)[C@H](CO)NC(=O)[C@H](Cc1ccccc1)NC(=O)[C@H](CC(=O)O)NC(=O)[C@@H](NC(=O)[C@H](CO)NC(=O)[C@H](CC(=O)O)NC(=O)[C@H](CCC(N)=O)NC(=O)[C@H](CC(C)C)NC(=O)[C@H](CC(C)C)NC(=O)[C@H](CCCNC(N)=O)NC(=O)[C@@H](NC(=O)CNC(=O)[C@@H]1CCCN1C(=O)[C@@H](N)C(C)C)C(C)C)C(C)C)C(=O)N[C@@H](CC(N)=O)C(=O)O. The summed E-state index contributed by atoms with van der Waals surface area (Å²) in [6.45, 7) is 21.4. The lowest BCUT2D eigenvalue weighted by Gasteiger charge is -2.29. The molecule has 1 aliphatic rings. The van der Waals surface area contributed by atoms with Crippen LogP contribution in [0.3, 0.4) is 0 Å². The number of likely N-dealkylation sites (tertiary alicyclic amines) is 1. The van der Waals surface area contributed by atoms with E-state index in [4.69, 9.17) is 22.9 Å². The molecule has 0 spiro atoms. The molecule has 0 unspecified atom stereocenters. The molecule has 150 heavy (non-hydrogen) atoms. The lowest BCUT2D eigenvalue weighted by atomic mass is 9.97. The Labute approximate surface area is 866 Å². The van der Waals surface area contributed by atoms with Crippen molar-refractivity contribution >= 4 is 154 Å². The summed E-state index contributed by atoms with van der Waals surface area (Å²) in [5.41, 5.74) is 22.3. The molecule has 33 N–H and O–H groups in total. The second-order valence-corrected chi connectivity index (χ2v) is 38.9. The number of hydrogen-bond acceptors (Lipinski definition) is 29. The van der Waals surface area contributed by atoms with Crippen LogP contribution in [-0.2, 0) is 126 Å². The molecule has 20 atom stereocenters. The maximum atomic E-state index is 14.6. The van der Waals surface area contributed by atoms with Crippen LogP contribution in [0.2, 0.25) is 0 Å². The highest BCUT2D eigenvalue weighted by Crippen LogP contribution is 2.22. The van der Waals surface area contributed by atoms with Gasteiger partial charge in [-0.05, 0) is 112 Å².